The molecular formula is C24H38OSi. The van der Waals surface area contributed by atoms with Crippen LogP contribution in [0.15, 0.2) is 34.4 Å². The monoisotopic (exact) mass is 370 g/mol. The third-order valence-corrected chi connectivity index (χ3v) is 13.0. The Kier molecular flexibility index (Phi) is 5.69. The van der Waals surface area contributed by atoms with Gasteiger partial charge >= 0.3 is 0 Å². The first-order valence-corrected chi connectivity index (χ1v) is 12.6. The second kappa shape index (κ2) is 7.03. The SMILES string of the molecule is CC[Si](CC)(c1cc(C)cc(C(C)(C)C)c1O)C1C(C)=C(C)C(C)=C1C. The molecule has 0 spiro atoms. The molecule has 0 saturated heterocycles. The molecule has 0 heterocycles. The number of aryl methyl sites for hydroxylation is 1. The third-order valence-electron chi connectivity index (χ3n) is 7.02. The van der Waals surface area contributed by atoms with Crippen molar-refractivity contribution in [1.29, 1.82) is 0 Å². The Morgan fingerprint density at radius 2 is 1.35 bits per heavy atom. The molecule has 0 radical (unpaired) electrons. The third kappa shape index (κ3) is 3.11. The summed E-state index contributed by atoms with van der Waals surface area (Å²) in [6, 6.07) is 6.79. The van der Waals surface area contributed by atoms with Crippen LogP contribution in [0.4, 0.5) is 0 Å². The van der Waals surface area contributed by atoms with Gasteiger partial charge in [0.15, 0.2) is 0 Å². The summed E-state index contributed by atoms with van der Waals surface area (Å²) in [6.45, 7) is 22.7. The molecule has 2 heteroatoms. The van der Waals surface area contributed by atoms with Gasteiger partial charge in [-0.25, -0.2) is 0 Å². The Bertz CT molecular complexity index is 746. The van der Waals surface area contributed by atoms with Gasteiger partial charge in [0, 0.05) is 5.54 Å². The van der Waals surface area contributed by atoms with Crippen LogP contribution in [0.2, 0.25) is 17.6 Å². The van der Waals surface area contributed by atoms with Gasteiger partial charge in [0.2, 0.25) is 0 Å². The van der Waals surface area contributed by atoms with Crippen LogP contribution in [-0.4, -0.2) is 13.2 Å². The zero-order valence-electron chi connectivity index (χ0n) is 18.6. The van der Waals surface area contributed by atoms with E-state index in [1.165, 1.54) is 33.0 Å². The van der Waals surface area contributed by atoms with Crippen molar-refractivity contribution < 1.29 is 5.11 Å². The molecule has 0 atom stereocenters. The summed E-state index contributed by atoms with van der Waals surface area (Å²) in [5, 5.41) is 12.7. The standard InChI is InChI=1S/C24H38OSi/c1-11-26(12-2,23-18(6)16(4)17(5)19(23)7)21-14-15(3)13-20(22(21)25)24(8,9)10/h13-14,23,25H,11-12H2,1-10H3. The summed E-state index contributed by atoms with van der Waals surface area (Å²) in [5.41, 5.74) is 8.84. The molecule has 0 bridgehead atoms. The lowest BCUT2D eigenvalue weighted by Gasteiger charge is -2.40. The highest BCUT2D eigenvalue weighted by atomic mass is 28.3. The maximum absolute atomic E-state index is 11.4. The van der Waals surface area contributed by atoms with Crippen molar-refractivity contribution in [3.8, 4) is 5.75 Å². The van der Waals surface area contributed by atoms with Gasteiger partial charge in [0.05, 0.1) is 0 Å². The molecule has 0 amide bonds. The summed E-state index contributed by atoms with van der Waals surface area (Å²) in [7, 11) is -1.95. The smallest absolute Gasteiger partial charge is 0.118 e. The number of benzene rings is 1. The minimum Gasteiger partial charge on any atom is -0.508 e. The molecule has 1 aromatic rings. The molecule has 1 aromatic carbocycles. The number of allylic oxidation sites excluding steroid dienone is 4. The zero-order valence-corrected chi connectivity index (χ0v) is 19.6. The zero-order chi connectivity index (χ0) is 20.0. The molecule has 2 rings (SSSR count). The minimum atomic E-state index is -1.95. The van der Waals surface area contributed by atoms with E-state index in [-0.39, 0.29) is 5.41 Å². The largest absolute Gasteiger partial charge is 0.508 e. The van der Waals surface area contributed by atoms with E-state index in [2.05, 4.69) is 81.4 Å². The molecule has 0 fully saturated rings. The average Bonchev–Trinajstić information content (AvgIpc) is 2.76. The molecule has 0 aromatic heterocycles. The van der Waals surface area contributed by atoms with E-state index in [1.54, 1.807) is 0 Å². The number of hydrogen-bond donors (Lipinski definition) is 1. The van der Waals surface area contributed by atoms with Crippen molar-refractivity contribution >= 4 is 13.3 Å². The number of aromatic hydroxyl groups is 1. The second-order valence-corrected chi connectivity index (χ2v) is 14.2. The fraction of sp³-hybridized carbons (Fsp3) is 0.583. The second-order valence-electron chi connectivity index (χ2n) is 9.37. The summed E-state index contributed by atoms with van der Waals surface area (Å²) < 4.78 is 0. The van der Waals surface area contributed by atoms with Crippen LogP contribution in [0.5, 0.6) is 5.75 Å². The number of phenols is 1. The van der Waals surface area contributed by atoms with Crippen LogP contribution >= 0.6 is 0 Å². The molecular weight excluding hydrogens is 332 g/mol. The number of phenolic OH excluding ortho intramolecular Hbond substituents is 1. The molecule has 1 nitrogen and oxygen atoms in total. The Hall–Kier alpha value is -1.28. The van der Waals surface area contributed by atoms with Gasteiger partial charge in [-0.3, -0.25) is 0 Å². The van der Waals surface area contributed by atoms with Crippen LogP contribution in [-0.2, 0) is 5.41 Å². The molecule has 144 valence electrons. The highest BCUT2D eigenvalue weighted by molar-refractivity contribution is 6.94. The minimum absolute atomic E-state index is 0.0518. The topological polar surface area (TPSA) is 20.2 Å². The van der Waals surface area contributed by atoms with Crippen LogP contribution in [0.1, 0.15) is 73.4 Å². The predicted octanol–water partition coefficient (Wildman–Crippen LogP) is 6.75. The molecule has 0 aliphatic heterocycles. The van der Waals surface area contributed by atoms with Crippen molar-refractivity contribution in [2.24, 2.45) is 0 Å². The fourth-order valence-electron chi connectivity index (χ4n) is 5.10. The van der Waals surface area contributed by atoms with Gasteiger partial charge in [-0.05, 0) is 61.9 Å². The van der Waals surface area contributed by atoms with Gasteiger partial charge < -0.3 is 5.11 Å². The van der Waals surface area contributed by atoms with Crippen molar-refractivity contribution in [2.75, 3.05) is 0 Å². The van der Waals surface area contributed by atoms with Crippen LogP contribution < -0.4 is 5.19 Å². The van der Waals surface area contributed by atoms with Gasteiger partial charge in [-0.2, -0.15) is 0 Å². The van der Waals surface area contributed by atoms with Crippen molar-refractivity contribution in [1.82, 2.24) is 0 Å². The van der Waals surface area contributed by atoms with Gasteiger partial charge in [-0.15, -0.1) is 0 Å². The first-order chi connectivity index (χ1) is 11.9. The van der Waals surface area contributed by atoms with Gasteiger partial charge in [0.25, 0.3) is 0 Å². The van der Waals surface area contributed by atoms with Crippen molar-refractivity contribution in [2.45, 2.75) is 92.3 Å². The van der Waals surface area contributed by atoms with Crippen LogP contribution in [0.25, 0.3) is 0 Å². The van der Waals surface area contributed by atoms with E-state index in [0.717, 1.165) is 17.7 Å². The Morgan fingerprint density at radius 1 is 0.885 bits per heavy atom. The summed E-state index contributed by atoms with van der Waals surface area (Å²) in [6.07, 6.45) is 0. The van der Waals surface area contributed by atoms with E-state index in [4.69, 9.17) is 0 Å². The predicted molar refractivity (Wildman–Crippen MR) is 118 cm³/mol. The quantitative estimate of drug-likeness (QED) is 0.581. The van der Waals surface area contributed by atoms with Gasteiger partial charge in [-0.1, -0.05) is 75.5 Å². The normalized spacial score (nSPS) is 16.8. The summed E-state index contributed by atoms with van der Waals surface area (Å²) in [4.78, 5) is 0. The average molecular weight is 371 g/mol. The maximum atomic E-state index is 11.4. The summed E-state index contributed by atoms with van der Waals surface area (Å²) in [5.74, 6) is 0.571. The van der Waals surface area contributed by atoms with E-state index in [0.29, 0.717) is 11.3 Å². The fourth-order valence-corrected chi connectivity index (χ4v) is 10.7. The molecule has 0 saturated carbocycles. The van der Waals surface area contributed by atoms with Crippen LogP contribution in [0, 0.1) is 6.92 Å². The lowest BCUT2D eigenvalue weighted by Crippen LogP contribution is -2.51. The van der Waals surface area contributed by atoms with E-state index >= 15 is 0 Å². The van der Waals surface area contributed by atoms with Crippen molar-refractivity contribution in [3.63, 3.8) is 0 Å². The lowest BCUT2D eigenvalue weighted by atomic mass is 9.85. The Balaban J connectivity index is 2.83. The highest BCUT2D eigenvalue weighted by Gasteiger charge is 2.46. The first kappa shape index (κ1) is 21.0. The molecule has 26 heavy (non-hydrogen) atoms. The van der Waals surface area contributed by atoms with Crippen molar-refractivity contribution in [3.05, 3.63) is 45.6 Å². The number of hydrogen-bond acceptors (Lipinski definition) is 1. The molecule has 1 aliphatic carbocycles. The maximum Gasteiger partial charge on any atom is 0.118 e. The van der Waals surface area contributed by atoms with E-state index in [1.807, 2.05) is 0 Å². The molecule has 0 unspecified atom stereocenters. The number of rotatable bonds is 4. The first-order valence-electron chi connectivity index (χ1n) is 10.1. The Morgan fingerprint density at radius 3 is 1.73 bits per heavy atom. The Labute approximate surface area is 162 Å². The lowest BCUT2D eigenvalue weighted by molar-refractivity contribution is 0.450. The summed E-state index contributed by atoms with van der Waals surface area (Å²) >= 11 is 0. The highest BCUT2D eigenvalue weighted by Crippen LogP contribution is 2.50. The molecule has 1 aliphatic rings. The van der Waals surface area contributed by atoms with E-state index in [9.17, 15) is 5.11 Å². The van der Waals surface area contributed by atoms with E-state index < -0.39 is 8.07 Å². The van der Waals surface area contributed by atoms with Crippen LogP contribution in [0.3, 0.4) is 0 Å². The molecule has 1 N–H and O–H groups in total. The van der Waals surface area contributed by atoms with Gasteiger partial charge in [0.1, 0.15) is 13.8 Å².